The minimum atomic E-state index is 0. The quantitative estimate of drug-likeness (QED) is 0.163. The van der Waals surface area contributed by atoms with Crippen LogP contribution in [0.3, 0.4) is 0 Å². The van der Waals surface area contributed by atoms with Gasteiger partial charge in [0.15, 0.2) is 0 Å². The molecule has 50 heavy (non-hydrogen) atoms. The lowest BCUT2D eigenvalue weighted by Crippen LogP contribution is -1.79. The topological polar surface area (TPSA) is 34.1 Å². The summed E-state index contributed by atoms with van der Waals surface area (Å²) in [5, 5.41) is 7.49. The van der Waals surface area contributed by atoms with Gasteiger partial charge in [0.25, 0.3) is 0 Å². The van der Waals surface area contributed by atoms with E-state index in [-0.39, 0.29) is 7.43 Å². The molecule has 0 aliphatic heterocycles. The fourth-order valence-electron chi connectivity index (χ4n) is 5.36. The van der Waals surface area contributed by atoms with Crippen LogP contribution < -0.4 is 0 Å². The Balaban J connectivity index is 0.000000160. The second-order valence-corrected chi connectivity index (χ2v) is 15.4. The second kappa shape index (κ2) is 18.5. The first-order valence-electron chi connectivity index (χ1n) is 16.0. The zero-order valence-electron chi connectivity index (χ0n) is 27.5. The molecule has 0 saturated heterocycles. The average Bonchev–Trinajstić information content (AvgIpc) is 3.84. The summed E-state index contributed by atoms with van der Waals surface area (Å²) < 4.78 is 9.97. The molecule has 2 nitrogen and oxygen atoms in total. The van der Waals surface area contributed by atoms with Crippen molar-refractivity contribution in [1.29, 1.82) is 0 Å². The maximum absolute atomic E-state index is 10.8. The standard InChI is InChI=1S/C14H8O2S.C12H6Br2S.C12H8S.2C2H6.CH4/c15-7-9-1-3-13-11(5-9)12-6-10(8-16)2-4-14(12)17-13;13-7-1-3-11-9(5-7)10-6-8(14)2-4-12(10)15-11;1-3-7-11-9(5-1)10-6-2-4-8-12(10)13-11;2*1-2;/h1-8H;1-6H;1-8H;2*1-2H3;1H4. The van der Waals surface area contributed by atoms with E-state index < -0.39 is 0 Å². The summed E-state index contributed by atoms with van der Waals surface area (Å²) in [6, 6.07) is 41.3. The molecule has 0 aliphatic carbocycles. The van der Waals surface area contributed by atoms with Crippen LogP contribution >= 0.6 is 65.9 Å². The molecule has 0 amide bonds. The molecule has 0 radical (unpaired) electrons. The van der Waals surface area contributed by atoms with E-state index in [1.165, 1.54) is 40.3 Å². The van der Waals surface area contributed by atoms with E-state index in [1.54, 1.807) is 11.3 Å². The molecule has 254 valence electrons. The molecular formula is C43H38Br2O2S3. The molecule has 7 heteroatoms. The van der Waals surface area contributed by atoms with Crippen molar-refractivity contribution in [1.82, 2.24) is 0 Å². The minimum absolute atomic E-state index is 0. The number of rotatable bonds is 2. The van der Waals surface area contributed by atoms with Crippen molar-refractivity contribution in [3.05, 3.63) is 141 Å². The van der Waals surface area contributed by atoms with Crippen LogP contribution in [0.2, 0.25) is 0 Å². The van der Waals surface area contributed by atoms with Crippen LogP contribution in [0.15, 0.2) is 130 Å². The monoisotopic (exact) mass is 840 g/mol. The van der Waals surface area contributed by atoms with Crippen molar-refractivity contribution >= 4 is 139 Å². The van der Waals surface area contributed by atoms with Crippen molar-refractivity contribution in [2.24, 2.45) is 0 Å². The zero-order chi connectivity index (χ0) is 34.9. The van der Waals surface area contributed by atoms with Gasteiger partial charge in [-0.05, 0) is 72.8 Å². The number of hydrogen-bond acceptors (Lipinski definition) is 5. The highest BCUT2D eigenvalue weighted by atomic mass is 79.9. The molecule has 3 aromatic heterocycles. The summed E-state index contributed by atoms with van der Waals surface area (Å²) in [6.07, 6.45) is 1.68. The van der Waals surface area contributed by atoms with E-state index in [9.17, 15) is 9.59 Å². The molecule has 0 bridgehead atoms. The maximum Gasteiger partial charge on any atom is 0.150 e. The Morgan fingerprint density at radius 3 is 1.06 bits per heavy atom. The summed E-state index contributed by atoms with van der Waals surface area (Å²) in [4.78, 5) is 21.6. The Morgan fingerprint density at radius 2 is 0.700 bits per heavy atom. The number of aldehydes is 2. The highest BCUT2D eigenvalue weighted by molar-refractivity contribution is 9.10. The minimum Gasteiger partial charge on any atom is -0.298 e. The number of hydrogen-bond donors (Lipinski definition) is 0. The van der Waals surface area contributed by atoms with Crippen molar-refractivity contribution in [2.75, 3.05) is 0 Å². The lowest BCUT2D eigenvalue weighted by Gasteiger charge is -1.94. The predicted octanol–water partition coefficient (Wildman–Crippen LogP) is 16.0. The molecule has 0 unspecified atom stereocenters. The van der Waals surface area contributed by atoms with E-state index in [0.717, 1.165) is 41.7 Å². The van der Waals surface area contributed by atoms with Crippen LogP contribution in [-0.4, -0.2) is 12.6 Å². The molecule has 9 aromatic rings. The van der Waals surface area contributed by atoms with Gasteiger partial charge < -0.3 is 0 Å². The van der Waals surface area contributed by atoms with Gasteiger partial charge in [-0.25, -0.2) is 0 Å². The molecule has 3 heterocycles. The van der Waals surface area contributed by atoms with E-state index in [0.29, 0.717) is 11.1 Å². The number of carbonyl (C=O) groups is 2. The smallest absolute Gasteiger partial charge is 0.150 e. The maximum atomic E-state index is 10.8. The van der Waals surface area contributed by atoms with Crippen molar-refractivity contribution in [3.63, 3.8) is 0 Å². The first-order valence-corrected chi connectivity index (χ1v) is 20.0. The van der Waals surface area contributed by atoms with E-state index in [2.05, 4.69) is 117 Å². The predicted molar refractivity (Wildman–Crippen MR) is 234 cm³/mol. The van der Waals surface area contributed by atoms with Gasteiger partial charge in [-0.2, -0.15) is 0 Å². The lowest BCUT2D eigenvalue weighted by atomic mass is 10.1. The van der Waals surface area contributed by atoms with Crippen LogP contribution in [0.4, 0.5) is 0 Å². The molecule has 6 aromatic carbocycles. The third-order valence-electron chi connectivity index (χ3n) is 7.47. The number of thiophene rings is 3. The van der Waals surface area contributed by atoms with Crippen LogP contribution in [0, 0.1) is 0 Å². The Hall–Kier alpha value is -3.72. The van der Waals surface area contributed by atoms with Gasteiger partial charge in [0.1, 0.15) is 12.6 Å². The molecule has 0 atom stereocenters. The first-order chi connectivity index (χ1) is 24.0. The molecule has 0 spiro atoms. The highest BCUT2D eigenvalue weighted by Crippen LogP contribution is 2.37. The normalized spacial score (nSPS) is 10.2. The summed E-state index contributed by atoms with van der Waals surface area (Å²) >= 11 is 12.4. The van der Waals surface area contributed by atoms with Gasteiger partial charge in [-0.15, -0.1) is 34.0 Å². The first kappa shape index (κ1) is 39.1. The molecular weight excluding hydrogens is 804 g/mol. The molecule has 0 N–H and O–H groups in total. The van der Waals surface area contributed by atoms with Gasteiger partial charge in [0.2, 0.25) is 0 Å². The molecule has 0 aliphatic rings. The van der Waals surface area contributed by atoms with E-state index >= 15 is 0 Å². The van der Waals surface area contributed by atoms with Gasteiger partial charge in [0, 0.05) is 80.6 Å². The van der Waals surface area contributed by atoms with Gasteiger partial charge in [0.05, 0.1) is 0 Å². The van der Waals surface area contributed by atoms with Crippen LogP contribution in [0.25, 0.3) is 60.5 Å². The van der Waals surface area contributed by atoms with Crippen molar-refractivity contribution in [3.8, 4) is 0 Å². The molecule has 0 fully saturated rings. The molecule has 0 saturated carbocycles. The fourth-order valence-corrected chi connectivity index (χ4v) is 9.32. The molecule has 9 rings (SSSR count). The Labute approximate surface area is 322 Å². The number of carbonyl (C=O) groups excluding carboxylic acids is 2. The lowest BCUT2D eigenvalue weighted by molar-refractivity contribution is 0.111. The summed E-state index contributed by atoms with van der Waals surface area (Å²) in [5.41, 5.74) is 1.32. The third-order valence-corrected chi connectivity index (χ3v) is 11.9. The number of halogens is 2. The van der Waals surface area contributed by atoms with Gasteiger partial charge in [-0.1, -0.05) is 116 Å². The highest BCUT2D eigenvalue weighted by Gasteiger charge is 2.07. The van der Waals surface area contributed by atoms with Gasteiger partial charge in [-0.3, -0.25) is 9.59 Å². The van der Waals surface area contributed by atoms with Gasteiger partial charge >= 0.3 is 0 Å². The van der Waals surface area contributed by atoms with E-state index in [4.69, 9.17) is 0 Å². The SMILES string of the molecule is Brc1ccc2sc3ccc(Br)cc3c2c1.C.CC.CC.O=Cc1ccc2sc3ccc(C=O)cc3c2c1.c1ccc2c(c1)sc1ccccc12. The zero-order valence-corrected chi connectivity index (χ0v) is 33.1. The third kappa shape index (κ3) is 8.59. The number of fused-ring (bicyclic) bond motifs is 9. The Kier molecular flexibility index (Phi) is 14.5. The summed E-state index contributed by atoms with van der Waals surface area (Å²) in [5.74, 6) is 0. The summed E-state index contributed by atoms with van der Waals surface area (Å²) in [6.45, 7) is 8.00. The van der Waals surface area contributed by atoms with Crippen LogP contribution in [0.1, 0.15) is 55.8 Å². The Bertz CT molecular complexity index is 2360. The van der Waals surface area contributed by atoms with Crippen LogP contribution in [-0.2, 0) is 0 Å². The van der Waals surface area contributed by atoms with Crippen molar-refractivity contribution < 1.29 is 9.59 Å². The van der Waals surface area contributed by atoms with Crippen LogP contribution in [0.5, 0.6) is 0 Å². The largest absolute Gasteiger partial charge is 0.298 e. The summed E-state index contributed by atoms with van der Waals surface area (Å²) in [7, 11) is 0. The second-order valence-electron chi connectivity index (χ2n) is 10.3. The Morgan fingerprint density at radius 1 is 0.400 bits per heavy atom. The average molecular weight is 843 g/mol. The fraction of sp³-hybridized carbons (Fsp3) is 0.116. The number of benzene rings is 6. The van der Waals surface area contributed by atoms with Crippen molar-refractivity contribution in [2.45, 2.75) is 35.1 Å². The van der Waals surface area contributed by atoms with E-state index in [1.807, 2.05) is 86.8 Å².